The molecule has 144 valence electrons. The van der Waals surface area contributed by atoms with Gasteiger partial charge in [0.1, 0.15) is 10.8 Å². The van der Waals surface area contributed by atoms with Crippen LogP contribution >= 0.6 is 11.3 Å². The highest BCUT2D eigenvalue weighted by molar-refractivity contribution is 7.18. The maximum absolute atomic E-state index is 12.5. The molecule has 1 amide bonds. The van der Waals surface area contributed by atoms with Crippen molar-refractivity contribution in [2.45, 2.75) is 6.54 Å². The molecule has 2 heterocycles. The minimum absolute atomic E-state index is 0.0578. The van der Waals surface area contributed by atoms with Crippen LogP contribution in [0.4, 0.5) is 0 Å². The SMILES string of the molecule is COc1cccc(/C=C/C(=O)N2CCN(Cc3nc4ccccc4s3)CC2)c1. The van der Waals surface area contributed by atoms with E-state index < -0.39 is 0 Å². The Hall–Kier alpha value is -2.70. The summed E-state index contributed by atoms with van der Waals surface area (Å²) in [6, 6.07) is 15.9. The molecular weight excluding hydrogens is 370 g/mol. The van der Waals surface area contributed by atoms with Crippen LogP contribution in [-0.2, 0) is 11.3 Å². The van der Waals surface area contributed by atoms with Gasteiger partial charge in [0, 0.05) is 32.3 Å². The van der Waals surface area contributed by atoms with Crippen LogP contribution in [0.3, 0.4) is 0 Å². The molecule has 0 spiro atoms. The Morgan fingerprint density at radius 3 is 2.75 bits per heavy atom. The number of amides is 1. The Morgan fingerprint density at radius 1 is 1.14 bits per heavy atom. The Balaban J connectivity index is 1.30. The third-order valence-corrected chi connectivity index (χ3v) is 5.91. The monoisotopic (exact) mass is 393 g/mol. The molecule has 0 bridgehead atoms. The Kier molecular flexibility index (Phi) is 5.69. The predicted molar refractivity (Wildman–Crippen MR) is 114 cm³/mol. The van der Waals surface area contributed by atoms with E-state index in [-0.39, 0.29) is 5.91 Å². The highest BCUT2D eigenvalue weighted by Gasteiger charge is 2.20. The predicted octanol–water partition coefficient (Wildman–Crippen LogP) is 3.66. The number of hydrogen-bond acceptors (Lipinski definition) is 5. The number of aromatic nitrogens is 1. The molecule has 1 aliphatic heterocycles. The molecule has 1 fully saturated rings. The van der Waals surface area contributed by atoms with Crippen molar-refractivity contribution in [3.8, 4) is 5.75 Å². The molecule has 5 nitrogen and oxygen atoms in total. The highest BCUT2D eigenvalue weighted by atomic mass is 32.1. The van der Waals surface area contributed by atoms with Crippen LogP contribution < -0.4 is 4.74 Å². The summed E-state index contributed by atoms with van der Waals surface area (Å²) >= 11 is 1.75. The van der Waals surface area contributed by atoms with Crippen molar-refractivity contribution in [2.24, 2.45) is 0 Å². The Bertz CT molecular complexity index is 957. The van der Waals surface area contributed by atoms with Gasteiger partial charge in [0.25, 0.3) is 0 Å². The number of methoxy groups -OCH3 is 1. The molecule has 1 aromatic heterocycles. The first kappa shape index (κ1) is 18.7. The normalized spacial score (nSPS) is 15.4. The molecule has 0 atom stereocenters. The molecule has 0 saturated carbocycles. The molecule has 28 heavy (non-hydrogen) atoms. The Morgan fingerprint density at radius 2 is 1.96 bits per heavy atom. The molecule has 2 aromatic carbocycles. The van der Waals surface area contributed by atoms with Crippen molar-refractivity contribution >= 4 is 33.5 Å². The topological polar surface area (TPSA) is 45.7 Å². The van der Waals surface area contributed by atoms with E-state index in [0.29, 0.717) is 0 Å². The minimum Gasteiger partial charge on any atom is -0.497 e. The van der Waals surface area contributed by atoms with E-state index in [4.69, 9.17) is 9.72 Å². The van der Waals surface area contributed by atoms with Gasteiger partial charge < -0.3 is 9.64 Å². The summed E-state index contributed by atoms with van der Waals surface area (Å²) in [4.78, 5) is 21.5. The van der Waals surface area contributed by atoms with Gasteiger partial charge in [-0.05, 0) is 35.9 Å². The van der Waals surface area contributed by atoms with Gasteiger partial charge in [-0.25, -0.2) is 4.98 Å². The highest BCUT2D eigenvalue weighted by Crippen LogP contribution is 2.23. The van der Waals surface area contributed by atoms with Crippen molar-refractivity contribution in [3.63, 3.8) is 0 Å². The lowest BCUT2D eigenvalue weighted by atomic mass is 10.2. The zero-order valence-electron chi connectivity index (χ0n) is 15.9. The fourth-order valence-electron chi connectivity index (χ4n) is 3.32. The summed E-state index contributed by atoms with van der Waals surface area (Å²) in [6.07, 6.45) is 3.50. The first-order valence-corrected chi connectivity index (χ1v) is 10.2. The van der Waals surface area contributed by atoms with Gasteiger partial charge >= 0.3 is 0 Å². The van der Waals surface area contributed by atoms with Gasteiger partial charge in [0.15, 0.2) is 0 Å². The zero-order valence-corrected chi connectivity index (χ0v) is 16.7. The van der Waals surface area contributed by atoms with Crippen molar-refractivity contribution in [1.82, 2.24) is 14.8 Å². The number of benzene rings is 2. The lowest BCUT2D eigenvalue weighted by Gasteiger charge is -2.33. The van der Waals surface area contributed by atoms with Crippen LogP contribution in [0.25, 0.3) is 16.3 Å². The van der Waals surface area contributed by atoms with E-state index in [0.717, 1.165) is 54.6 Å². The van der Waals surface area contributed by atoms with Crippen LogP contribution in [0.15, 0.2) is 54.6 Å². The molecule has 0 unspecified atom stereocenters. The molecule has 3 aromatic rings. The van der Waals surface area contributed by atoms with Gasteiger partial charge in [-0.2, -0.15) is 0 Å². The van der Waals surface area contributed by atoms with E-state index in [1.165, 1.54) is 4.70 Å². The second kappa shape index (κ2) is 8.54. The maximum atomic E-state index is 12.5. The van der Waals surface area contributed by atoms with Crippen molar-refractivity contribution in [1.29, 1.82) is 0 Å². The maximum Gasteiger partial charge on any atom is 0.246 e. The summed E-state index contributed by atoms with van der Waals surface area (Å²) in [5.74, 6) is 0.848. The van der Waals surface area contributed by atoms with E-state index in [1.54, 1.807) is 24.5 Å². The van der Waals surface area contributed by atoms with Gasteiger partial charge in [-0.3, -0.25) is 9.69 Å². The molecule has 6 heteroatoms. The third-order valence-electron chi connectivity index (χ3n) is 4.89. The number of hydrogen-bond donors (Lipinski definition) is 0. The Labute approximate surface area is 168 Å². The number of para-hydroxylation sites is 1. The summed E-state index contributed by atoms with van der Waals surface area (Å²) in [7, 11) is 1.64. The average molecular weight is 394 g/mol. The summed E-state index contributed by atoms with van der Waals surface area (Å²) in [6.45, 7) is 4.07. The van der Waals surface area contributed by atoms with Crippen molar-refractivity contribution in [3.05, 3.63) is 65.2 Å². The van der Waals surface area contributed by atoms with Gasteiger partial charge in [0.2, 0.25) is 5.91 Å². The van der Waals surface area contributed by atoms with E-state index in [1.807, 2.05) is 47.4 Å². The van der Waals surface area contributed by atoms with Gasteiger partial charge in [-0.15, -0.1) is 11.3 Å². The third kappa shape index (κ3) is 4.40. The number of fused-ring (bicyclic) bond motifs is 1. The first-order valence-electron chi connectivity index (χ1n) is 9.39. The quantitative estimate of drug-likeness (QED) is 0.621. The molecule has 0 aliphatic carbocycles. The lowest BCUT2D eigenvalue weighted by molar-refractivity contribution is -0.127. The lowest BCUT2D eigenvalue weighted by Crippen LogP contribution is -2.47. The minimum atomic E-state index is 0.0578. The summed E-state index contributed by atoms with van der Waals surface area (Å²) < 4.78 is 6.45. The second-order valence-corrected chi connectivity index (χ2v) is 7.90. The van der Waals surface area contributed by atoms with Crippen LogP contribution in [0, 0.1) is 0 Å². The number of carbonyl (C=O) groups excluding carboxylic acids is 1. The average Bonchev–Trinajstić information content (AvgIpc) is 3.15. The second-order valence-electron chi connectivity index (χ2n) is 6.79. The number of rotatable bonds is 5. The largest absolute Gasteiger partial charge is 0.497 e. The molecule has 4 rings (SSSR count). The molecule has 1 saturated heterocycles. The number of nitrogens with zero attached hydrogens (tertiary/aromatic N) is 3. The van der Waals surface area contributed by atoms with Gasteiger partial charge in [0.05, 0.1) is 23.9 Å². The van der Waals surface area contributed by atoms with E-state index in [9.17, 15) is 4.79 Å². The molecule has 1 aliphatic rings. The van der Waals surface area contributed by atoms with Crippen LogP contribution in [0.1, 0.15) is 10.6 Å². The van der Waals surface area contributed by atoms with E-state index >= 15 is 0 Å². The molecule has 0 N–H and O–H groups in total. The number of piperazine rings is 1. The van der Waals surface area contributed by atoms with Crippen molar-refractivity contribution in [2.75, 3.05) is 33.3 Å². The van der Waals surface area contributed by atoms with Crippen LogP contribution in [0.5, 0.6) is 5.75 Å². The summed E-state index contributed by atoms with van der Waals surface area (Å²) in [5.41, 5.74) is 2.03. The van der Waals surface area contributed by atoms with E-state index in [2.05, 4.69) is 17.0 Å². The van der Waals surface area contributed by atoms with Crippen LogP contribution in [0.2, 0.25) is 0 Å². The standard InChI is InChI=1S/C22H23N3O2S/c1-27-18-6-4-5-17(15-18)9-10-22(26)25-13-11-24(12-14-25)16-21-23-19-7-2-3-8-20(19)28-21/h2-10,15H,11-14,16H2,1H3/b10-9+. The zero-order chi connectivity index (χ0) is 19.3. The van der Waals surface area contributed by atoms with Crippen molar-refractivity contribution < 1.29 is 9.53 Å². The first-order chi connectivity index (χ1) is 13.7. The molecular formula is C22H23N3O2S. The number of ether oxygens (including phenoxy) is 1. The fraction of sp³-hybridized carbons (Fsp3) is 0.273. The molecule has 0 radical (unpaired) electrons. The number of carbonyl (C=O) groups is 1. The smallest absolute Gasteiger partial charge is 0.246 e. The summed E-state index contributed by atoms with van der Waals surface area (Å²) in [5, 5.41) is 1.14. The van der Waals surface area contributed by atoms with Crippen LogP contribution in [-0.4, -0.2) is 54.0 Å². The van der Waals surface area contributed by atoms with Gasteiger partial charge in [-0.1, -0.05) is 24.3 Å². The fourth-order valence-corrected chi connectivity index (χ4v) is 4.33. The number of thiazole rings is 1.